The summed E-state index contributed by atoms with van der Waals surface area (Å²) in [6.45, 7) is 3.72. The molecule has 0 aliphatic carbocycles. The van der Waals surface area contributed by atoms with Gasteiger partial charge in [0.15, 0.2) is 5.82 Å². The van der Waals surface area contributed by atoms with Crippen molar-refractivity contribution < 1.29 is 13.2 Å². The lowest BCUT2D eigenvalue weighted by molar-refractivity contribution is -0.137. The number of halogens is 5. The molecule has 9 heteroatoms. The van der Waals surface area contributed by atoms with Gasteiger partial charge in [0.05, 0.1) is 16.3 Å². The molecule has 0 atom stereocenters. The topological polar surface area (TPSA) is 56.7 Å². The van der Waals surface area contributed by atoms with Crippen molar-refractivity contribution in [2.24, 2.45) is 0 Å². The van der Waals surface area contributed by atoms with Gasteiger partial charge in [0.2, 0.25) is 0 Å². The fraction of sp³-hybridized carbons (Fsp3) is 0.333. The summed E-state index contributed by atoms with van der Waals surface area (Å²) in [5.41, 5.74) is 5.39. The van der Waals surface area contributed by atoms with Gasteiger partial charge in [0, 0.05) is 6.20 Å². The molecule has 0 aromatic carbocycles. The molecule has 0 aliphatic rings. The number of aromatic nitrogens is 3. The molecule has 0 saturated heterocycles. The molecule has 2 aromatic heterocycles. The minimum absolute atomic E-state index is 0.00373. The lowest BCUT2D eigenvalue weighted by Gasteiger charge is -2.09. The van der Waals surface area contributed by atoms with Crippen LogP contribution in [-0.4, -0.2) is 14.8 Å². The van der Waals surface area contributed by atoms with Gasteiger partial charge in [-0.15, -0.1) is 0 Å². The normalized spacial score (nSPS) is 12.2. The third kappa shape index (κ3) is 2.94. The molecule has 4 nitrogen and oxygen atoms in total. The van der Waals surface area contributed by atoms with Crippen molar-refractivity contribution in [2.75, 3.05) is 5.73 Å². The molecule has 2 heterocycles. The van der Waals surface area contributed by atoms with Crippen LogP contribution in [0.1, 0.15) is 31.0 Å². The van der Waals surface area contributed by atoms with Gasteiger partial charge in [0.25, 0.3) is 0 Å². The van der Waals surface area contributed by atoms with E-state index in [1.165, 1.54) is 0 Å². The van der Waals surface area contributed by atoms with Crippen molar-refractivity contribution in [3.8, 4) is 5.82 Å². The van der Waals surface area contributed by atoms with Gasteiger partial charge in [-0.1, -0.05) is 37.0 Å². The number of pyridine rings is 1. The number of nitrogens with zero attached hydrogens (tertiary/aromatic N) is 3. The maximum Gasteiger partial charge on any atom is 0.417 e. The van der Waals surface area contributed by atoms with Crippen LogP contribution in [0.5, 0.6) is 0 Å². The van der Waals surface area contributed by atoms with E-state index in [0.29, 0.717) is 11.9 Å². The maximum absolute atomic E-state index is 12.6. The maximum atomic E-state index is 12.6. The second kappa shape index (κ2) is 5.38. The van der Waals surface area contributed by atoms with Crippen molar-refractivity contribution in [2.45, 2.75) is 25.9 Å². The first-order chi connectivity index (χ1) is 9.62. The zero-order chi connectivity index (χ0) is 15.9. The van der Waals surface area contributed by atoms with Gasteiger partial charge < -0.3 is 5.73 Å². The molecule has 0 amide bonds. The molecule has 0 fully saturated rings. The zero-order valence-corrected chi connectivity index (χ0v) is 12.6. The van der Waals surface area contributed by atoms with E-state index in [2.05, 4.69) is 10.1 Å². The fourth-order valence-electron chi connectivity index (χ4n) is 1.70. The predicted octanol–water partition coefficient (Wildman–Crippen LogP) is 4.30. The number of hydrogen-bond acceptors (Lipinski definition) is 3. The molecule has 2 aromatic rings. The van der Waals surface area contributed by atoms with Crippen LogP contribution in [0.15, 0.2) is 12.3 Å². The number of nitrogens with two attached hydrogens (primary N) is 1. The fourth-order valence-corrected chi connectivity index (χ4v) is 2.28. The van der Waals surface area contributed by atoms with Crippen LogP contribution in [0.4, 0.5) is 19.0 Å². The van der Waals surface area contributed by atoms with Crippen molar-refractivity contribution in [3.05, 3.63) is 33.6 Å². The zero-order valence-electron chi connectivity index (χ0n) is 11.0. The number of anilines is 1. The van der Waals surface area contributed by atoms with Crippen LogP contribution in [0.2, 0.25) is 10.0 Å². The first kappa shape index (κ1) is 15.9. The van der Waals surface area contributed by atoms with E-state index in [9.17, 15) is 13.2 Å². The third-order valence-corrected chi connectivity index (χ3v) is 3.45. The Labute approximate surface area is 128 Å². The van der Waals surface area contributed by atoms with Gasteiger partial charge >= 0.3 is 6.18 Å². The van der Waals surface area contributed by atoms with Crippen LogP contribution < -0.4 is 5.73 Å². The molecule has 2 N–H and O–H groups in total. The molecule has 114 valence electrons. The SMILES string of the molecule is CC(C)c1nn(-c2ncc(C(F)(F)F)cc2Cl)c(N)c1Cl. The van der Waals surface area contributed by atoms with E-state index in [0.717, 1.165) is 10.7 Å². The Morgan fingerprint density at radius 1 is 1.29 bits per heavy atom. The summed E-state index contributed by atoms with van der Waals surface area (Å²) >= 11 is 11.9. The van der Waals surface area contributed by atoms with Crippen LogP contribution in [0, 0.1) is 0 Å². The Kier molecular flexibility index (Phi) is 4.08. The summed E-state index contributed by atoms with van der Waals surface area (Å²) in [4.78, 5) is 3.70. The molecule has 0 spiro atoms. The van der Waals surface area contributed by atoms with E-state index in [1.807, 2.05) is 13.8 Å². The summed E-state index contributed by atoms with van der Waals surface area (Å²) in [6, 6.07) is 0.772. The average molecular weight is 339 g/mol. The molecule has 0 bridgehead atoms. The summed E-state index contributed by atoms with van der Waals surface area (Å²) in [6.07, 6.45) is -3.85. The second-order valence-corrected chi connectivity index (χ2v) is 5.46. The Morgan fingerprint density at radius 2 is 1.90 bits per heavy atom. The Balaban J connectivity index is 2.56. The van der Waals surface area contributed by atoms with E-state index in [-0.39, 0.29) is 27.6 Å². The lowest BCUT2D eigenvalue weighted by atomic mass is 10.1. The minimum atomic E-state index is -4.52. The molecule has 0 unspecified atom stereocenters. The van der Waals surface area contributed by atoms with Crippen LogP contribution >= 0.6 is 23.2 Å². The highest BCUT2D eigenvalue weighted by atomic mass is 35.5. The minimum Gasteiger partial charge on any atom is -0.382 e. The molecule has 0 aliphatic heterocycles. The smallest absolute Gasteiger partial charge is 0.382 e. The summed E-state index contributed by atoms with van der Waals surface area (Å²) < 4.78 is 38.9. The number of rotatable bonds is 2. The van der Waals surface area contributed by atoms with Crippen molar-refractivity contribution in [1.29, 1.82) is 0 Å². The standard InChI is InChI=1S/C12H11Cl2F3N4/c1-5(2)9-8(14)10(18)21(20-9)11-7(13)3-6(4-19-11)12(15,16)17/h3-5H,18H2,1-2H3. The number of alkyl halides is 3. The molecule has 2 rings (SSSR count). The van der Waals surface area contributed by atoms with Gasteiger partial charge in [-0.05, 0) is 12.0 Å². The average Bonchev–Trinajstić information content (AvgIpc) is 2.65. The van der Waals surface area contributed by atoms with Gasteiger partial charge in [0.1, 0.15) is 10.8 Å². The molecule has 0 radical (unpaired) electrons. The highest BCUT2D eigenvalue weighted by Crippen LogP contribution is 2.35. The largest absolute Gasteiger partial charge is 0.417 e. The highest BCUT2D eigenvalue weighted by molar-refractivity contribution is 6.34. The van der Waals surface area contributed by atoms with Crippen molar-refractivity contribution in [3.63, 3.8) is 0 Å². The molecular weight excluding hydrogens is 328 g/mol. The first-order valence-electron chi connectivity index (χ1n) is 5.90. The monoisotopic (exact) mass is 338 g/mol. The van der Waals surface area contributed by atoms with E-state index in [4.69, 9.17) is 28.9 Å². The second-order valence-electron chi connectivity index (χ2n) is 4.68. The molecule has 21 heavy (non-hydrogen) atoms. The summed E-state index contributed by atoms with van der Waals surface area (Å²) in [5, 5.41) is 4.19. The van der Waals surface area contributed by atoms with Gasteiger partial charge in [-0.25, -0.2) is 4.98 Å². The van der Waals surface area contributed by atoms with Crippen molar-refractivity contribution >= 4 is 29.0 Å². The van der Waals surface area contributed by atoms with Crippen LogP contribution in [0.3, 0.4) is 0 Å². The highest BCUT2D eigenvalue weighted by Gasteiger charge is 2.32. The number of hydrogen-bond donors (Lipinski definition) is 1. The summed E-state index contributed by atoms with van der Waals surface area (Å²) in [7, 11) is 0. The van der Waals surface area contributed by atoms with Crippen molar-refractivity contribution in [1.82, 2.24) is 14.8 Å². The van der Waals surface area contributed by atoms with Gasteiger partial charge in [-0.3, -0.25) is 0 Å². The molecule has 0 saturated carbocycles. The summed E-state index contributed by atoms with van der Waals surface area (Å²) in [5.74, 6) is 0.0692. The Hall–Kier alpha value is -1.47. The van der Waals surface area contributed by atoms with Crippen LogP contribution in [0.25, 0.3) is 5.82 Å². The quantitative estimate of drug-likeness (QED) is 0.888. The first-order valence-corrected chi connectivity index (χ1v) is 6.65. The Morgan fingerprint density at radius 3 is 2.33 bits per heavy atom. The number of nitrogen functional groups attached to an aromatic ring is 1. The Bertz CT molecular complexity index is 680. The third-order valence-electron chi connectivity index (χ3n) is 2.78. The van der Waals surface area contributed by atoms with E-state index < -0.39 is 11.7 Å². The predicted molar refractivity (Wildman–Crippen MR) is 74.9 cm³/mol. The molecular formula is C12H11Cl2F3N4. The van der Waals surface area contributed by atoms with Gasteiger partial charge in [-0.2, -0.15) is 23.0 Å². The van der Waals surface area contributed by atoms with E-state index in [1.54, 1.807) is 0 Å². The lowest BCUT2D eigenvalue weighted by Crippen LogP contribution is -2.09. The van der Waals surface area contributed by atoms with E-state index >= 15 is 0 Å². The van der Waals surface area contributed by atoms with Crippen LogP contribution in [-0.2, 0) is 6.18 Å².